The van der Waals surface area contributed by atoms with Gasteiger partial charge in [-0.1, -0.05) is 48.5 Å². The quantitative estimate of drug-likeness (QED) is 0.561. The molecule has 0 aliphatic heterocycles. The molecular formula is C20H17N3. The molecule has 3 heteroatoms. The number of nitrogens with zero attached hydrogens (tertiary/aromatic N) is 3. The van der Waals surface area contributed by atoms with E-state index in [-0.39, 0.29) is 0 Å². The van der Waals surface area contributed by atoms with Crippen LogP contribution in [0.3, 0.4) is 0 Å². The van der Waals surface area contributed by atoms with Crippen LogP contribution in [0.25, 0.3) is 22.6 Å². The van der Waals surface area contributed by atoms with Crippen molar-refractivity contribution in [1.82, 2.24) is 14.5 Å². The number of pyridine rings is 1. The van der Waals surface area contributed by atoms with Crippen molar-refractivity contribution in [3.8, 4) is 11.5 Å². The molecule has 0 amide bonds. The predicted molar refractivity (Wildman–Crippen MR) is 93.1 cm³/mol. The third kappa shape index (κ3) is 2.73. The second kappa shape index (κ2) is 6.05. The molecule has 2 heterocycles. The van der Waals surface area contributed by atoms with Crippen LogP contribution in [0.2, 0.25) is 0 Å². The number of benzene rings is 2. The normalized spacial score (nSPS) is 11.0. The van der Waals surface area contributed by atoms with E-state index in [1.54, 1.807) is 0 Å². The second-order valence-electron chi connectivity index (χ2n) is 5.53. The molecule has 0 fully saturated rings. The maximum absolute atomic E-state index is 4.80. The molecule has 0 radical (unpaired) electrons. The van der Waals surface area contributed by atoms with E-state index in [1.807, 2.05) is 30.5 Å². The van der Waals surface area contributed by atoms with Crippen molar-refractivity contribution in [3.63, 3.8) is 0 Å². The highest BCUT2D eigenvalue weighted by atomic mass is 15.1. The van der Waals surface area contributed by atoms with Gasteiger partial charge in [0.2, 0.25) is 0 Å². The van der Waals surface area contributed by atoms with Gasteiger partial charge in [0.1, 0.15) is 5.69 Å². The smallest absolute Gasteiger partial charge is 0.159 e. The maximum atomic E-state index is 4.80. The van der Waals surface area contributed by atoms with E-state index in [0.29, 0.717) is 0 Å². The first-order valence-corrected chi connectivity index (χ1v) is 7.82. The summed E-state index contributed by atoms with van der Waals surface area (Å²) in [7, 11) is 0. The minimum Gasteiger partial charge on any atom is -0.322 e. The standard InChI is InChI=1S/C20H17N3/c1-2-8-16(9-3-1)13-15-23-19-12-5-4-10-17(19)22-20(23)18-11-6-7-14-21-18/h1-12,14H,13,15H2. The molecular weight excluding hydrogens is 282 g/mol. The van der Waals surface area contributed by atoms with Crippen molar-refractivity contribution in [3.05, 3.63) is 84.6 Å². The molecule has 23 heavy (non-hydrogen) atoms. The van der Waals surface area contributed by atoms with Gasteiger partial charge >= 0.3 is 0 Å². The second-order valence-corrected chi connectivity index (χ2v) is 5.53. The van der Waals surface area contributed by atoms with Gasteiger partial charge in [0.15, 0.2) is 5.82 Å². The summed E-state index contributed by atoms with van der Waals surface area (Å²) in [6.45, 7) is 0.885. The van der Waals surface area contributed by atoms with Gasteiger partial charge in [-0.05, 0) is 36.2 Å². The Labute approximate surface area is 135 Å². The van der Waals surface area contributed by atoms with E-state index >= 15 is 0 Å². The Hall–Kier alpha value is -2.94. The molecule has 0 unspecified atom stereocenters. The van der Waals surface area contributed by atoms with E-state index in [0.717, 1.165) is 35.5 Å². The van der Waals surface area contributed by atoms with Crippen LogP contribution in [-0.2, 0) is 13.0 Å². The zero-order chi connectivity index (χ0) is 15.5. The van der Waals surface area contributed by atoms with Crippen molar-refractivity contribution in [1.29, 1.82) is 0 Å². The number of imidazole rings is 1. The largest absolute Gasteiger partial charge is 0.322 e. The van der Waals surface area contributed by atoms with Gasteiger partial charge in [-0.25, -0.2) is 4.98 Å². The molecule has 2 aromatic heterocycles. The van der Waals surface area contributed by atoms with Gasteiger partial charge in [-0.3, -0.25) is 4.98 Å². The number of fused-ring (bicyclic) bond motifs is 1. The molecule has 4 rings (SSSR count). The Morgan fingerprint density at radius 2 is 1.57 bits per heavy atom. The highest BCUT2D eigenvalue weighted by Gasteiger charge is 2.12. The Balaban J connectivity index is 1.77. The lowest BCUT2D eigenvalue weighted by atomic mass is 10.1. The first-order valence-electron chi connectivity index (χ1n) is 7.82. The molecule has 0 N–H and O–H groups in total. The average Bonchev–Trinajstić information content (AvgIpc) is 3.00. The number of hydrogen-bond acceptors (Lipinski definition) is 2. The molecule has 0 aliphatic carbocycles. The molecule has 0 spiro atoms. The monoisotopic (exact) mass is 299 g/mol. The summed E-state index contributed by atoms with van der Waals surface area (Å²) in [4.78, 5) is 9.27. The molecule has 3 nitrogen and oxygen atoms in total. The molecule has 112 valence electrons. The average molecular weight is 299 g/mol. The van der Waals surface area contributed by atoms with E-state index in [4.69, 9.17) is 4.98 Å². The van der Waals surface area contributed by atoms with Gasteiger partial charge in [-0.2, -0.15) is 0 Å². The lowest BCUT2D eigenvalue weighted by Gasteiger charge is -2.09. The summed E-state index contributed by atoms with van der Waals surface area (Å²) in [6, 6.07) is 24.8. The van der Waals surface area contributed by atoms with Crippen LogP contribution in [0.5, 0.6) is 0 Å². The topological polar surface area (TPSA) is 30.7 Å². The fourth-order valence-corrected chi connectivity index (χ4v) is 2.88. The van der Waals surface area contributed by atoms with Gasteiger partial charge in [0, 0.05) is 12.7 Å². The molecule has 0 bridgehead atoms. The van der Waals surface area contributed by atoms with E-state index in [2.05, 4.69) is 58.1 Å². The van der Waals surface area contributed by atoms with Gasteiger partial charge in [0.05, 0.1) is 11.0 Å². The summed E-state index contributed by atoms with van der Waals surface area (Å²) in [5.74, 6) is 0.933. The number of aromatic nitrogens is 3. The zero-order valence-corrected chi connectivity index (χ0v) is 12.8. The lowest BCUT2D eigenvalue weighted by Crippen LogP contribution is -2.04. The van der Waals surface area contributed by atoms with Crippen molar-refractivity contribution in [2.45, 2.75) is 13.0 Å². The number of para-hydroxylation sites is 2. The lowest BCUT2D eigenvalue weighted by molar-refractivity contribution is 0.721. The van der Waals surface area contributed by atoms with Gasteiger partial charge < -0.3 is 4.57 Å². The Morgan fingerprint density at radius 3 is 2.39 bits per heavy atom. The van der Waals surface area contributed by atoms with Crippen molar-refractivity contribution in [2.75, 3.05) is 0 Å². The Bertz CT molecular complexity index is 911. The highest BCUT2D eigenvalue weighted by Crippen LogP contribution is 2.23. The predicted octanol–water partition coefficient (Wildman–Crippen LogP) is 4.34. The fraction of sp³-hybridized carbons (Fsp3) is 0.100. The van der Waals surface area contributed by atoms with Crippen LogP contribution in [0.4, 0.5) is 0 Å². The van der Waals surface area contributed by atoms with Gasteiger partial charge in [0.25, 0.3) is 0 Å². The first kappa shape index (κ1) is 13.7. The van der Waals surface area contributed by atoms with Crippen LogP contribution < -0.4 is 0 Å². The Morgan fingerprint density at radius 1 is 0.783 bits per heavy atom. The van der Waals surface area contributed by atoms with E-state index < -0.39 is 0 Å². The van der Waals surface area contributed by atoms with Crippen LogP contribution in [-0.4, -0.2) is 14.5 Å². The van der Waals surface area contributed by atoms with Crippen LogP contribution in [0, 0.1) is 0 Å². The number of rotatable bonds is 4. The number of hydrogen-bond donors (Lipinski definition) is 0. The van der Waals surface area contributed by atoms with Crippen molar-refractivity contribution >= 4 is 11.0 Å². The van der Waals surface area contributed by atoms with Crippen LogP contribution in [0.15, 0.2) is 79.0 Å². The summed E-state index contributed by atoms with van der Waals surface area (Å²) >= 11 is 0. The van der Waals surface area contributed by atoms with E-state index in [9.17, 15) is 0 Å². The summed E-state index contributed by atoms with van der Waals surface area (Å²) in [6.07, 6.45) is 2.79. The minimum absolute atomic E-state index is 0.885. The first-order chi connectivity index (χ1) is 11.4. The van der Waals surface area contributed by atoms with Crippen LogP contribution in [0.1, 0.15) is 5.56 Å². The SMILES string of the molecule is c1ccc(CCn2c(-c3ccccn3)nc3ccccc32)cc1. The van der Waals surface area contributed by atoms with E-state index in [1.165, 1.54) is 5.56 Å². The summed E-state index contributed by atoms with van der Waals surface area (Å²) in [5.41, 5.74) is 4.42. The van der Waals surface area contributed by atoms with Crippen LogP contribution >= 0.6 is 0 Å². The van der Waals surface area contributed by atoms with Crippen molar-refractivity contribution < 1.29 is 0 Å². The third-order valence-electron chi connectivity index (χ3n) is 4.02. The molecule has 0 saturated carbocycles. The summed E-state index contributed by atoms with van der Waals surface area (Å²) in [5, 5.41) is 0. The van der Waals surface area contributed by atoms with Gasteiger partial charge in [-0.15, -0.1) is 0 Å². The molecule has 0 atom stereocenters. The third-order valence-corrected chi connectivity index (χ3v) is 4.02. The van der Waals surface area contributed by atoms with Crippen molar-refractivity contribution in [2.24, 2.45) is 0 Å². The Kier molecular flexibility index (Phi) is 3.60. The molecule has 2 aromatic carbocycles. The summed E-state index contributed by atoms with van der Waals surface area (Å²) < 4.78 is 2.27. The number of aryl methyl sites for hydroxylation is 2. The minimum atomic E-state index is 0.885. The maximum Gasteiger partial charge on any atom is 0.159 e. The molecule has 0 aliphatic rings. The highest BCUT2D eigenvalue weighted by molar-refractivity contribution is 5.79. The molecule has 4 aromatic rings. The molecule has 0 saturated heterocycles. The fourth-order valence-electron chi connectivity index (χ4n) is 2.88. The zero-order valence-electron chi connectivity index (χ0n) is 12.8.